The third kappa shape index (κ3) is 7.36. The normalized spacial score (nSPS) is 15.2. The summed E-state index contributed by atoms with van der Waals surface area (Å²) in [5.41, 5.74) is 1.03. The molecule has 2 aromatic rings. The Bertz CT molecular complexity index is 946. The number of halogens is 2. The van der Waals surface area contributed by atoms with Crippen LogP contribution >= 0.6 is 24.0 Å². The van der Waals surface area contributed by atoms with Crippen molar-refractivity contribution in [2.45, 2.75) is 11.8 Å². The van der Waals surface area contributed by atoms with Crippen molar-refractivity contribution >= 4 is 39.9 Å². The van der Waals surface area contributed by atoms with Gasteiger partial charge in [0.2, 0.25) is 10.0 Å². The zero-order valence-corrected chi connectivity index (χ0v) is 19.7. The molecule has 1 aliphatic rings. The molecule has 0 bridgehead atoms. The number of nitrogens with zero attached hydrogens (tertiary/aromatic N) is 2. The fourth-order valence-electron chi connectivity index (χ4n) is 3.14. The standard InChI is InChI=1S/C21H26ClN3O4S.ClH/c1-17-2-8-20(9-3-17)30(27,28)25-14-12-24(13-15-25)11-10-23-21(26)16-29-19-6-4-18(22)5-7-19;/h2-9H,10-16H2,1H3,(H,23,26);1H. The molecule has 10 heteroatoms. The average Bonchev–Trinajstić information content (AvgIpc) is 2.74. The van der Waals surface area contributed by atoms with Gasteiger partial charge < -0.3 is 10.1 Å². The molecule has 7 nitrogen and oxygen atoms in total. The minimum atomic E-state index is -3.46. The van der Waals surface area contributed by atoms with E-state index in [1.54, 1.807) is 36.4 Å². The Morgan fingerprint density at radius 2 is 1.65 bits per heavy atom. The zero-order chi connectivity index (χ0) is 21.6. The van der Waals surface area contributed by atoms with Crippen LogP contribution in [0.3, 0.4) is 0 Å². The highest BCUT2D eigenvalue weighted by atomic mass is 35.5. The molecule has 0 aromatic heterocycles. The summed E-state index contributed by atoms with van der Waals surface area (Å²) in [6, 6.07) is 13.7. The van der Waals surface area contributed by atoms with Crippen molar-refractivity contribution in [2.24, 2.45) is 0 Å². The van der Waals surface area contributed by atoms with Gasteiger partial charge in [0.1, 0.15) is 5.75 Å². The number of hydrogen-bond donors (Lipinski definition) is 1. The molecule has 1 heterocycles. The Morgan fingerprint density at radius 3 is 2.26 bits per heavy atom. The summed E-state index contributed by atoms with van der Waals surface area (Å²) in [4.78, 5) is 14.4. The molecule has 2 aromatic carbocycles. The highest BCUT2D eigenvalue weighted by Gasteiger charge is 2.28. The van der Waals surface area contributed by atoms with E-state index in [0.717, 1.165) is 5.56 Å². The van der Waals surface area contributed by atoms with Crippen LogP contribution in [0.1, 0.15) is 5.56 Å². The molecule has 31 heavy (non-hydrogen) atoms. The van der Waals surface area contributed by atoms with Crippen molar-refractivity contribution < 1.29 is 17.9 Å². The van der Waals surface area contributed by atoms with Crippen molar-refractivity contribution in [1.29, 1.82) is 0 Å². The van der Waals surface area contributed by atoms with Crippen molar-refractivity contribution in [3.63, 3.8) is 0 Å². The Kier molecular flexibility index (Phi) is 9.58. The lowest BCUT2D eigenvalue weighted by Crippen LogP contribution is -2.50. The van der Waals surface area contributed by atoms with E-state index in [4.69, 9.17) is 16.3 Å². The largest absolute Gasteiger partial charge is 0.484 e. The molecule has 0 spiro atoms. The monoisotopic (exact) mass is 487 g/mol. The molecule has 170 valence electrons. The van der Waals surface area contributed by atoms with Gasteiger partial charge in [0, 0.05) is 44.3 Å². The van der Waals surface area contributed by atoms with E-state index in [1.807, 2.05) is 19.1 Å². The first-order valence-electron chi connectivity index (χ1n) is 9.79. The lowest BCUT2D eigenvalue weighted by atomic mass is 10.2. The summed E-state index contributed by atoms with van der Waals surface area (Å²) in [5, 5.41) is 3.43. The molecule has 1 fully saturated rings. The summed E-state index contributed by atoms with van der Waals surface area (Å²) < 4.78 is 32.4. The van der Waals surface area contributed by atoms with Gasteiger partial charge in [-0.25, -0.2) is 8.42 Å². The maximum absolute atomic E-state index is 12.7. The summed E-state index contributed by atoms with van der Waals surface area (Å²) >= 11 is 5.81. The Hall–Kier alpha value is -1.84. The zero-order valence-electron chi connectivity index (χ0n) is 17.3. The second-order valence-electron chi connectivity index (χ2n) is 7.15. The van der Waals surface area contributed by atoms with Crippen molar-refractivity contribution in [3.05, 3.63) is 59.1 Å². The van der Waals surface area contributed by atoms with Crippen LogP contribution in [0.25, 0.3) is 0 Å². The number of nitrogens with one attached hydrogen (secondary N) is 1. The molecule has 3 rings (SSSR count). The molecule has 1 aliphatic heterocycles. The lowest BCUT2D eigenvalue weighted by molar-refractivity contribution is -0.123. The Balaban J connectivity index is 0.00000341. The number of ether oxygens (including phenoxy) is 1. The third-order valence-corrected chi connectivity index (χ3v) is 7.09. The smallest absolute Gasteiger partial charge is 0.257 e. The first kappa shape index (κ1) is 25.4. The minimum absolute atomic E-state index is 0. The third-order valence-electron chi connectivity index (χ3n) is 4.92. The van der Waals surface area contributed by atoms with Crippen LogP contribution in [0.4, 0.5) is 0 Å². The number of sulfonamides is 1. The molecule has 1 saturated heterocycles. The molecule has 1 amide bonds. The van der Waals surface area contributed by atoms with Gasteiger partial charge in [-0.3, -0.25) is 9.69 Å². The quantitative estimate of drug-likeness (QED) is 0.618. The van der Waals surface area contributed by atoms with Gasteiger partial charge in [-0.1, -0.05) is 29.3 Å². The van der Waals surface area contributed by atoms with Crippen LogP contribution in [-0.2, 0) is 14.8 Å². The van der Waals surface area contributed by atoms with Crippen molar-refractivity contribution in [1.82, 2.24) is 14.5 Å². The predicted molar refractivity (Wildman–Crippen MR) is 124 cm³/mol. The molecule has 1 N–H and O–H groups in total. The molecular weight excluding hydrogens is 461 g/mol. The number of carbonyl (C=O) groups is 1. The highest BCUT2D eigenvalue weighted by Crippen LogP contribution is 2.18. The minimum Gasteiger partial charge on any atom is -0.484 e. The van der Waals surface area contributed by atoms with Crippen molar-refractivity contribution in [2.75, 3.05) is 45.9 Å². The van der Waals surface area contributed by atoms with E-state index >= 15 is 0 Å². The van der Waals surface area contributed by atoms with Gasteiger partial charge in [0.15, 0.2) is 6.61 Å². The summed E-state index contributed by atoms with van der Waals surface area (Å²) in [6.45, 7) is 5.12. The van der Waals surface area contributed by atoms with Crippen LogP contribution in [0.2, 0.25) is 5.02 Å². The van der Waals surface area contributed by atoms with E-state index in [-0.39, 0.29) is 24.9 Å². The van der Waals surface area contributed by atoms with Gasteiger partial charge in [-0.15, -0.1) is 12.4 Å². The molecule has 0 saturated carbocycles. The Morgan fingerprint density at radius 1 is 1.03 bits per heavy atom. The van der Waals surface area contributed by atoms with E-state index < -0.39 is 10.0 Å². The maximum Gasteiger partial charge on any atom is 0.257 e. The van der Waals surface area contributed by atoms with Crippen LogP contribution in [0, 0.1) is 6.92 Å². The van der Waals surface area contributed by atoms with Crippen LogP contribution in [-0.4, -0.2) is 69.4 Å². The van der Waals surface area contributed by atoms with Gasteiger partial charge in [-0.2, -0.15) is 4.31 Å². The van der Waals surface area contributed by atoms with Crippen LogP contribution in [0.5, 0.6) is 5.75 Å². The number of hydrogen-bond acceptors (Lipinski definition) is 5. The molecular formula is C21H27Cl2N3O4S. The van der Waals surface area contributed by atoms with E-state index in [9.17, 15) is 13.2 Å². The summed E-state index contributed by atoms with van der Waals surface area (Å²) in [6.07, 6.45) is 0. The van der Waals surface area contributed by atoms with E-state index in [2.05, 4.69) is 10.2 Å². The Labute approximate surface area is 194 Å². The van der Waals surface area contributed by atoms with E-state index in [0.29, 0.717) is 54.9 Å². The SMILES string of the molecule is Cc1ccc(S(=O)(=O)N2CCN(CCNC(=O)COc3ccc(Cl)cc3)CC2)cc1.Cl. The van der Waals surface area contributed by atoms with Crippen LogP contribution in [0.15, 0.2) is 53.4 Å². The summed E-state index contributed by atoms with van der Waals surface area (Å²) in [7, 11) is -3.46. The first-order chi connectivity index (χ1) is 14.3. The second-order valence-corrected chi connectivity index (χ2v) is 9.53. The molecule has 0 unspecified atom stereocenters. The van der Waals surface area contributed by atoms with Gasteiger partial charge >= 0.3 is 0 Å². The fourth-order valence-corrected chi connectivity index (χ4v) is 4.69. The van der Waals surface area contributed by atoms with E-state index in [1.165, 1.54) is 4.31 Å². The lowest BCUT2D eigenvalue weighted by Gasteiger charge is -2.34. The average molecular weight is 488 g/mol. The molecule has 0 aliphatic carbocycles. The molecule has 0 atom stereocenters. The van der Waals surface area contributed by atoms with Crippen LogP contribution < -0.4 is 10.1 Å². The number of piperazine rings is 1. The number of amides is 1. The second kappa shape index (κ2) is 11.7. The number of carbonyl (C=O) groups excluding carboxylic acids is 1. The number of benzene rings is 2. The number of aryl methyl sites for hydroxylation is 1. The van der Waals surface area contributed by atoms with Gasteiger partial charge in [0.25, 0.3) is 5.91 Å². The van der Waals surface area contributed by atoms with Gasteiger partial charge in [0.05, 0.1) is 4.90 Å². The fraction of sp³-hybridized carbons (Fsp3) is 0.381. The number of rotatable bonds is 8. The van der Waals surface area contributed by atoms with Gasteiger partial charge in [-0.05, 0) is 43.3 Å². The first-order valence-corrected chi connectivity index (χ1v) is 11.6. The van der Waals surface area contributed by atoms with Crippen molar-refractivity contribution in [3.8, 4) is 5.75 Å². The topological polar surface area (TPSA) is 79.0 Å². The predicted octanol–water partition coefficient (Wildman–Crippen LogP) is 2.57. The highest BCUT2D eigenvalue weighted by molar-refractivity contribution is 7.89. The molecule has 0 radical (unpaired) electrons. The maximum atomic E-state index is 12.7. The summed E-state index contributed by atoms with van der Waals surface area (Å²) in [5.74, 6) is 0.381.